The molecule has 5 nitrogen and oxygen atoms in total. The smallest absolute Gasteiger partial charge is 0.338 e. The van der Waals surface area contributed by atoms with Gasteiger partial charge in [0.1, 0.15) is 11.6 Å². The number of alkyl halides is 3. The third-order valence-electron chi connectivity index (χ3n) is 4.37. The van der Waals surface area contributed by atoms with Crippen molar-refractivity contribution in [2.45, 2.75) is 12.6 Å². The van der Waals surface area contributed by atoms with Gasteiger partial charge in [0.05, 0.1) is 23.0 Å². The van der Waals surface area contributed by atoms with Crippen molar-refractivity contribution >= 4 is 22.8 Å². The molecule has 0 atom stereocenters. The van der Waals surface area contributed by atoms with E-state index in [2.05, 4.69) is 20.3 Å². The number of halogens is 3. The molecule has 0 saturated heterocycles. The van der Waals surface area contributed by atoms with Crippen LogP contribution >= 0.6 is 0 Å². The van der Waals surface area contributed by atoms with E-state index in [1.165, 1.54) is 18.2 Å². The standard InChI is InChI=1S/C21H15F3N4O/c22-21(23,24)15-8-2-1-7-14(15)20-26-16-9-5-6-13(19(16)28-20)12-18(29)27-17-10-3-4-11-25-17/h1-11H,12H2,(H,26,28)(H,25,27,29). The fraction of sp³-hybridized carbons (Fsp3) is 0.0952. The van der Waals surface area contributed by atoms with Crippen LogP contribution in [0.2, 0.25) is 0 Å². The molecule has 146 valence electrons. The van der Waals surface area contributed by atoms with E-state index in [1.54, 1.807) is 42.6 Å². The van der Waals surface area contributed by atoms with Gasteiger partial charge in [-0.05, 0) is 29.8 Å². The normalized spacial score (nSPS) is 11.6. The minimum absolute atomic E-state index is 0.0130. The summed E-state index contributed by atoms with van der Waals surface area (Å²) in [5.41, 5.74) is 0.798. The quantitative estimate of drug-likeness (QED) is 0.519. The third kappa shape index (κ3) is 3.96. The van der Waals surface area contributed by atoms with Gasteiger partial charge < -0.3 is 10.3 Å². The highest BCUT2D eigenvalue weighted by Gasteiger charge is 2.34. The number of rotatable bonds is 4. The van der Waals surface area contributed by atoms with Crippen LogP contribution in [-0.2, 0) is 17.4 Å². The van der Waals surface area contributed by atoms with Crippen LogP contribution in [0.3, 0.4) is 0 Å². The second-order valence-corrected chi connectivity index (χ2v) is 6.38. The highest BCUT2D eigenvalue weighted by molar-refractivity contribution is 5.94. The van der Waals surface area contributed by atoms with Gasteiger partial charge in [0.15, 0.2) is 0 Å². The van der Waals surface area contributed by atoms with Gasteiger partial charge in [0, 0.05) is 11.8 Å². The maximum atomic E-state index is 13.3. The first kappa shape index (κ1) is 18.7. The predicted molar refractivity (Wildman–Crippen MR) is 103 cm³/mol. The number of benzene rings is 2. The number of amides is 1. The Morgan fingerprint density at radius 2 is 1.79 bits per heavy atom. The lowest BCUT2D eigenvalue weighted by Crippen LogP contribution is -2.15. The van der Waals surface area contributed by atoms with Crippen molar-refractivity contribution in [2.75, 3.05) is 5.32 Å². The molecule has 0 aliphatic rings. The van der Waals surface area contributed by atoms with E-state index in [0.717, 1.165) is 6.07 Å². The van der Waals surface area contributed by atoms with Gasteiger partial charge in [0.2, 0.25) is 5.91 Å². The molecule has 2 heterocycles. The van der Waals surface area contributed by atoms with Crippen molar-refractivity contribution in [3.8, 4) is 11.4 Å². The van der Waals surface area contributed by atoms with Crippen molar-refractivity contribution in [1.29, 1.82) is 0 Å². The van der Waals surface area contributed by atoms with E-state index in [-0.39, 0.29) is 23.7 Å². The van der Waals surface area contributed by atoms with Gasteiger partial charge in [-0.25, -0.2) is 9.97 Å². The SMILES string of the molecule is O=C(Cc1cccc2[nH]c(-c3ccccc3C(F)(F)F)nc12)Nc1ccccn1. The van der Waals surface area contributed by atoms with E-state index in [0.29, 0.717) is 22.4 Å². The molecule has 2 aromatic heterocycles. The summed E-state index contributed by atoms with van der Waals surface area (Å²) < 4.78 is 40.0. The summed E-state index contributed by atoms with van der Waals surface area (Å²) in [7, 11) is 0. The number of nitrogens with one attached hydrogen (secondary N) is 2. The lowest BCUT2D eigenvalue weighted by atomic mass is 10.1. The van der Waals surface area contributed by atoms with Crippen LogP contribution in [0.4, 0.5) is 19.0 Å². The molecule has 0 radical (unpaired) electrons. The van der Waals surface area contributed by atoms with Crippen LogP contribution < -0.4 is 5.32 Å². The number of nitrogens with zero attached hydrogens (tertiary/aromatic N) is 2. The molecule has 0 aliphatic carbocycles. The van der Waals surface area contributed by atoms with E-state index in [4.69, 9.17) is 0 Å². The maximum Gasteiger partial charge on any atom is 0.417 e. The van der Waals surface area contributed by atoms with E-state index in [1.807, 2.05) is 0 Å². The summed E-state index contributed by atoms with van der Waals surface area (Å²) in [5, 5.41) is 2.69. The van der Waals surface area contributed by atoms with Gasteiger partial charge >= 0.3 is 6.18 Å². The van der Waals surface area contributed by atoms with Crippen molar-refractivity contribution < 1.29 is 18.0 Å². The summed E-state index contributed by atoms with van der Waals surface area (Å²) in [6.07, 6.45) is -2.92. The van der Waals surface area contributed by atoms with Crippen LogP contribution in [0, 0.1) is 0 Å². The zero-order valence-corrected chi connectivity index (χ0v) is 15.0. The predicted octanol–water partition coefficient (Wildman–Crippen LogP) is 4.82. The van der Waals surface area contributed by atoms with Crippen LogP contribution in [0.25, 0.3) is 22.4 Å². The van der Waals surface area contributed by atoms with Crippen LogP contribution in [0.5, 0.6) is 0 Å². The van der Waals surface area contributed by atoms with Crippen LogP contribution in [-0.4, -0.2) is 20.9 Å². The number of carbonyl (C=O) groups excluding carboxylic acids is 1. The Balaban J connectivity index is 1.67. The van der Waals surface area contributed by atoms with Gasteiger partial charge in [-0.1, -0.05) is 36.4 Å². The highest BCUT2D eigenvalue weighted by Crippen LogP contribution is 2.36. The Morgan fingerprint density at radius 1 is 1.00 bits per heavy atom. The van der Waals surface area contributed by atoms with E-state index < -0.39 is 11.7 Å². The molecule has 0 fully saturated rings. The Bertz CT molecular complexity index is 1170. The second-order valence-electron chi connectivity index (χ2n) is 6.38. The average Bonchev–Trinajstić information content (AvgIpc) is 3.13. The summed E-state index contributed by atoms with van der Waals surface area (Å²) >= 11 is 0. The number of fused-ring (bicyclic) bond motifs is 1. The second kappa shape index (κ2) is 7.38. The molecule has 4 aromatic rings. The van der Waals surface area contributed by atoms with Crippen LogP contribution in [0.15, 0.2) is 66.9 Å². The molecular formula is C21H15F3N4O. The molecule has 1 amide bonds. The number of imidazole rings is 1. The summed E-state index contributed by atoms with van der Waals surface area (Å²) in [4.78, 5) is 23.7. The first-order valence-electron chi connectivity index (χ1n) is 8.77. The molecular weight excluding hydrogens is 381 g/mol. The molecule has 2 N–H and O–H groups in total. The molecule has 0 spiro atoms. The number of pyridine rings is 1. The minimum atomic E-state index is -4.50. The highest BCUT2D eigenvalue weighted by atomic mass is 19.4. The number of carbonyl (C=O) groups is 1. The number of hydrogen-bond acceptors (Lipinski definition) is 3. The van der Waals surface area contributed by atoms with Gasteiger partial charge in [-0.15, -0.1) is 0 Å². The number of para-hydroxylation sites is 1. The van der Waals surface area contributed by atoms with Crippen molar-refractivity contribution in [3.63, 3.8) is 0 Å². The van der Waals surface area contributed by atoms with Crippen LogP contribution in [0.1, 0.15) is 11.1 Å². The Labute approximate surface area is 163 Å². The first-order chi connectivity index (χ1) is 13.9. The average molecular weight is 396 g/mol. The first-order valence-corrected chi connectivity index (χ1v) is 8.77. The Kier molecular flexibility index (Phi) is 4.75. The molecule has 0 unspecified atom stereocenters. The lowest BCUT2D eigenvalue weighted by Gasteiger charge is -2.10. The Morgan fingerprint density at radius 3 is 2.55 bits per heavy atom. The molecule has 2 aromatic carbocycles. The summed E-state index contributed by atoms with van der Waals surface area (Å²) in [6.45, 7) is 0. The molecule has 4 rings (SSSR count). The topological polar surface area (TPSA) is 70.7 Å². The fourth-order valence-electron chi connectivity index (χ4n) is 3.10. The molecule has 0 aliphatic heterocycles. The van der Waals surface area contributed by atoms with E-state index >= 15 is 0 Å². The molecule has 29 heavy (non-hydrogen) atoms. The number of aromatic nitrogens is 3. The fourth-order valence-corrected chi connectivity index (χ4v) is 3.10. The monoisotopic (exact) mass is 396 g/mol. The maximum absolute atomic E-state index is 13.3. The third-order valence-corrected chi connectivity index (χ3v) is 4.37. The van der Waals surface area contributed by atoms with Gasteiger partial charge in [-0.3, -0.25) is 4.79 Å². The van der Waals surface area contributed by atoms with Crippen molar-refractivity contribution in [3.05, 3.63) is 78.0 Å². The van der Waals surface area contributed by atoms with Crippen molar-refractivity contribution in [1.82, 2.24) is 15.0 Å². The number of H-pyrrole nitrogens is 1. The summed E-state index contributed by atoms with van der Waals surface area (Å²) in [6, 6.07) is 15.6. The number of hydrogen-bond donors (Lipinski definition) is 2. The Hall–Kier alpha value is -3.68. The van der Waals surface area contributed by atoms with Gasteiger partial charge in [-0.2, -0.15) is 13.2 Å². The van der Waals surface area contributed by atoms with Gasteiger partial charge in [0.25, 0.3) is 0 Å². The lowest BCUT2D eigenvalue weighted by molar-refractivity contribution is -0.137. The molecule has 8 heteroatoms. The van der Waals surface area contributed by atoms with Crippen molar-refractivity contribution in [2.24, 2.45) is 0 Å². The zero-order chi connectivity index (χ0) is 20.4. The molecule has 0 saturated carbocycles. The number of aromatic amines is 1. The minimum Gasteiger partial charge on any atom is -0.338 e. The summed E-state index contributed by atoms with van der Waals surface area (Å²) in [5.74, 6) is 0.230. The molecule has 0 bridgehead atoms. The number of anilines is 1. The van der Waals surface area contributed by atoms with E-state index in [9.17, 15) is 18.0 Å². The zero-order valence-electron chi connectivity index (χ0n) is 15.0. The largest absolute Gasteiger partial charge is 0.417 e.